The lowest BCUT2D eigenvalue weighted by molar-refractivity contribution is 0.498. The molecule has 0 spiro atoms. The molecule has 0 N–H and O–H groups in total. The minimum absolute atomic E-state index is 0.897. The second kappa shape index (κ2) is 15.3. The summed E-state index contributed by atoms with van der Waals surface area (Å²) in [6.45, 7) is 11.3. The number of para-hydroxylation sites is 2. The lowest BCUT2D eigenvalue weighted by Gasteiger charge is -2.37. The van der Waals surface area contributed by atoms with Crippen molar-refractivity contribution in [2.24, 2.45) is 0 Å². The molecule has 2 aromatic heterocycles. The van der Waals surface area contributed by atoms with E-state index >= 15 is 0 Å². The van der Waals surface area contributed by atoms with E-state index in [0.717, 1.165) is 13.1 Å². The molecule has 52 heavy (non-hydrogen) atoms. The summed E-state index contributed by atoms with van der Waals surface area (Å²) in [7, 11) is -2.93. The molecular weight excluding hydrogens is 687 g/mol. The molecule has 6 aromatic carbocycles. The highest BCUT2D eigenvalue weighted by Gasteiger charge is 2.36. The highest BCUT2D eigenvalue weighted by Crippen LogP contribution is 2.53. The zero-order valence-electron chi connectivity index (χ0n) is 30.3. The van der Waals surface area contributed by atoms with Crippen LogP contribution in [-0.4, -0.2) is 26.4 Å². The fourth-order valence-corrected chi connectivity index (χ4v) is 16.1. The maximum atomic E-state index is 2.80. The number of fused-ring (bicyclic) bond motifs is 2. The molecule has 0 unspecified atom stereocenters. The first-order valence-corrected chi connectivity index (χ1v) is 22.1. The fraction of sp³-hybridized carbons (Fsp3) is 0.130. The second-order valence-corrected chi connectivity index (χ2v) is 19.1. The third-order valence-corrected chi connectivity index (χ3v) is 18.1. The topological polar surface area (TPSA) is 13.1 Å². The van der Waals surface area contributed by atoms with Gasteiger partial charge in [-0.1, -0.05) is 172 Å². The maximum absolute atomic E-state index is 2.80. The Kier molecular flexibility index (Phi) is 10.2. The summed E-state index contributed by atoms with van der Waals surface area (Å²) in [4.78, 5) is 0. The van der Waals surface area contributed by atoms with Crippen LogP contribution in [0, 0.1) is 13.8 Å². The Hall–Kier alpha value is -4.35. The summed E-state index contributed by atoms with van der Waals surface area (Å²) in [5.41, 5.74) is 8.21. The summed E-state index contributed by atoms with van der Waals surface area (Å²) in [6, 6.07) is 63.2. The molecule has 0 amide bonds. The van der Waals surface area contributed by atoms with Crippen molar-refractivity contribution in [3.05, 3.63) is 181 Å². The Morgan fingerprint density at radius 1 is 0.404 bits per heavy atom. The molecule has 2 heterocycles. The van der Waals surface area contributed by atoms with Crippen molar-refractivity contribution in [3.8, 4) is 0 Å². The molecule has 6 heteroatoms. The van der Waals surface area contributed by atoms with Crippen LogP contribution in [0.15, 0.2) is 170 Å². The van der Waals surface area contributed by atoms with E-state index in [0.29, 0.717) is 0 Å². The van der Waals surface area contributed by atoms with Crippen LogP contribution in [0.3, 0.4) is 0 Å². The van der Waals surface area contributed by atoms with Gasteiger partial charge in [0, 0.05) is 39.7 Å². The maximum Gasteiger partial charge on any atom is 0.188 e. The molecule has 0 atom stereocenters. The van der Waals surface area contributed by atoms with E-state index in [1.165, 1.54) is 65.0 Å². The molecule has 0 bridgehead atoms. The number of hydrogen-bond acceptors (Lipinski definition) is 1. The summed E-state index contributed by atoms with van der Waals surface area (Å²) < 4.78 is 8.34. The quantitative estimate of drug-likeness (QED) is 0.121. The summed E-state index contributed by atoms with van der Waals surface area (Å²) in [5.74, 6) is 0. The molecule has 8 aromatic rings. The van der Waals surface area contributed by atoms with Gasteiger partial charge in [0.2, 0.25) is 0 Å². The number of benzene rings is 6. The van der Waals surface area contributed by atoms with Crippen LogP contribution in [0.2, 0.25) is 0 Å². The van der Waals surface area contributed by atoms with Gasteiger partial charge in [-0.05, 0) is 58.3 Å². The van der Waals surface area contributed by atoms with E-state index < -0.39 is 24.2 Å². The minimum atomic E-state index is -1.14. The van der Waals surface area contributed by atoms with Crippen molar-refractivity contribution in [1.82, 2.24) is 13.3 Å². The molecule has 0 fully saturated rings. The number of aromatic nitrogens is 2. The number of rotatable bonds is 11. The molecular formula is C46H44N3P3. The van der Waals surface area contributed by atoms with Crippen LogP contribution >= 0.6 is 24.2 Å². The Balaban J connectivity index is 1.53. The average Bonchev–Trinajstić information content (AvgIpc) is 3.65. The largest absolute Gasteiger partial charge is 0.288 e. The second-order valence-electron chi connectivity index (χ2n) is 13.0. The van der Waals surface area contributed by atoms with Crippen molar-refractivity contribution in [2.45, 2.75) is 27.7 Å². The van der Waals surface area contributed by atoms with Crippen molar-refractivity contribution in [3.63, 3.8) is 0 Å². The molecule has 258 valence electrons. The normalized spacial score (nSPS) is 11.9. The fourth-order valence-electron chi connectivity index (χ4n) is 7.54. The zero-order valence-corrected chi connectivity index (χ0v) is 32.9. The molecule has 0 aliphatic carbocycles. The minimum Gasteiger partial charge on any atom is -0.288 e. The third kappa shape index (κ3) is 6.15. The molecule has 0 saturated heterocycles. The van der Waals surface area contributed by atoms with Crippen molar-refractivity contribution < 1.29 is 0 Å². The van der Waals surface area contributed by atoms with Gasteiger partial charge in [-0.25, -0.2) is 4.67 Å². The smallest absolute Gasteiger partial charge is 0.188 e. The lowest BCUT2D eigenvalue weighted by atomic mass is 10.2. The highest BCUT2D eigenvalue weighted by molar-refractivity contribution is 7.81. The monoisotopic (exact) mass is 731 g/mol. The molecule has 0 aliphatic heterocycles. The van der Waals surface area contributed by atoms with Gasteiger partial charge in [0.25, 0.3) is 0 Å². The predicted octanol–water partition coefficient (Wildman–Crippen LogP) is 9.69. The van der Waals surface area contributed by atoms with Crippen LogP contribution in [0.1, 0.15) is 25.0 Å². The van der Waals surface area contributed by atoms with E-state index in [4.69, 9.17) is 0 Å². The first-order chi connectivity index (χ1) is 25.6. The van der Waals surface area contributed by atoms with Crippen LogP contribution in [-0.2, 0) is 0 Å². The summed E-state index contributed by atoms with van der Waals surface area (Å²) in [5, 5.41) is 8.15. The van der Waals surface area contributed by atoms with Crippen molar-refractivity contribution in [2.75, 3.05) is 13.1 Å². The van der Waals surface area contributed by atoms with Gasteiger partial charge in [0.05, 0.1) is 21.9 Å². The first-order valence-electron chi connectivity index (χ1n) is 18.2. The van der Waals surface area contributed by atoms with Gasteiger partial charge < -0.3 is 0 Å². The Morgan fingerprint density at radius 3 is 1.00 bits per heavy atom. The molecule has 0 aliphatic rings. The van der Waals surface area contributed by atoms with Gasteiger partial charge in [0.15, 0.2) is 8.37 Å². The number of aryl methyl sites for hydroxylation is 2. The summed E-state index contributed by atoms with van der Waals surface area (Å²) >= 11 is 0. The van der Waals surface area contributed by atoms with Gasteiger partial charge in [-0.2, -0.15) is 0 Å². The predicted molar refractivity (Wildman–Crippen MR) is 231 cm³/mol. The van der Waals surface area contributed by atoms with E-state index in [1.54, 1.807) is 0 Å². The van der Waals surface area contributed by atoms with Gasteiger partial charge >= 0.3 is 0 Å². The zero-order chi connectivity index (χ0) is 35.6. The van der Waals surface area contributed by atoms with E-state index in [-0.39, 0.29) is 0 Å². The Labute approximate surface area is 312 Å². The van der Waals surface area contributed by atoms with E-state index in [1.807, 2.05) is 0 Å². The van der Waals surface area contributed by atoms with E-state index in [2.05, 4.69) is 211 Å². The average molecular weight is 732 g/mol. The lowest BCUT2D eigenvalue weighted by Crippen LogP contribution is -2.35. The van der Waals surface area contributed by atoms with Crippen LogP contribution < -0.4 is 32.1 Å². The van der Waals surface area contributed by atoms with Crippen LogP contribution in [0.4, 0.5) is 0 Å². The van der Waals surface area contributed by atoms with Crippen molar-refractivity contribution in [1.29, 1.82) is 0 Å². The van der Waals surface area contributed by atoms with Gasteiger partial charge in [-0.3, -0.25) is 8.68 Å². The molecule has 3 nitrogen and oxygen atoms in total. The highest BCUT2D eigenvalue weighted by atomic mass is 31.2. The van der Waals surface area contributed by atoms with Crippen LogP contribution in [0.5, 0.6) is 0 Å². The first kappa shape index (κ1) is 34.7. The third-order valence-electron chi connectivity index (χ3n) is 9.97. The number of hydrogen-bond donors (Lipinski definition) is 0. The van der Waals surface area contributed by atoms with Gasteiger partial charge in [-0.15, -0.1) is 0 Å². The number of nitrogens with zero attached hydrogens (tertiary/aromatic N) is 3. The molecule has 0 radical (unpaired) electrons. The molecule has 0 saturated carbocycles. The summed E-state index contributed by atoms with van der Waals surface area (Å²) in [6.07, 6.45) is 0. The van der Waals surface area contributed by atoms with Crippen molar-refractivity contribution >= 4 is 78.1 Å². The Bertz CT molecular complexity index is 2170. The Morgan fingerprint density at radius 2 is 0.692 bits per heavy atom. The standard InChI is InChI=1S/C46H44N3P3/c1-5-47(6-2)52(48-43-33-21-19-31-41(43)35(3)45(48)50(37-23-11-7-12-24-37)38-25-13-8-14-26-38)49-44-34-22-20-32-42(44)36(4)46(49)51(39-27-15-9-16-28-39)40-29-17-10-18-30-40/h7-34H,5-6H2,1-4H3. The molecule has 8 rings (SSSR count). The van der Waals surface area contributed by atoms with Gasteiger partial charge in [0.1, 0.15) is 0 Å². The van der Waals surface area contributed by atoms with E-state index in [9.17, 15) is 0 Å². The SMILES string of the molecule is CCN(CC)P(n1c(P(c2ccccc2)c2ccccc2)c(C)c2ccccc21)n1c(P(c2ccccc2)c2ccccc2)c(C)c2ccccc21. The van der Waals surface area contributed by atoms with Crippen LogP contribution in [0.25, 0.3) is 21.8 Å².